The number of ether oxygens (including phenoxy) is 1. The molecule has 0 aromatic heterocycles. The van der Waals surface area contributed by atoms with Gasteiger partial charge >= 0.3 is 0 Å². The topological polar surface area (TPSA) is 21.3 Å². The maximum atomic E-state index is 5.51. The minimum Gasteiger partial charge on any atom is -0.494 e. The Morgan fingerprint density at radius 2 is 2.33 bits per heavy atom. The SMILES string of the molecule is CCOc1cccc2c1CNC2. The molecule has 0 fully saturated rings. The summed E-state index contributed by atoms with van der Waals surface area (Å²) < 4.78 is 5.51. The van der Waals surface area contributed by atoms with Crippen LogP contribution in [0.3, 0.4) is 0 Å². The number of hydrogen-bond acceptors (Lipinski definition) is 2. The van der Waals surface area contributed by atoms with E-state index in [1.54, 1.807) is 0 Å². The average Bonchev–Trinajstić information content (AvgIpc) is 2.53. The smallest absolute Gasteiger partial charge is 0.124 e. The van der Waals surface area contributed by atoms with E-state index in [1.165, 1.54) is 11.1 Å². The van der Waals surface area contributed by atoms with Gasteiger partial charge in [-0.1, -0.05) is 12.1 Å². The van der Waals surface area contributed by atoms with Gasteiger partial charge in [-0.25, -0.2) is 0 Å². The van der Waals surface area contributed by atoms with Crippen LogP contribution in [0.2, 0.25) is 0 Å². The first-order valence-corrected chi connectivity index (χ1v) is 4.36. The summed E-state index contributed by atoms with van der Waals surface area (Å²) in [5, 5.41) is 3.31. The van der Waals surface area contributed by atoms with Crippen LogP contribution >= 0.6 is 0 Å². The molecule has 0 aliphatic carbocycles. The summed E-state index contributed by atoms with van der Waals surface area (Å²) in [5.41, 5.74) is 2.71. The van der Waals surface area contributed by atoms with Crippen molar-refractivity contribution in [1.82, 2.24) is 5.32 Å². The van der Waals surface area contributed by atoms with Gasteiger partial charge in [-0.2, -0.15) is 0 Å². The highest BCUT2D eigenvalue weighted by molar-refractivity contribution is 5.42. The quantitative estimate of drug-likeness (QED) is 0.716. The number of nitrogens with one attached hydrogen (secondary N) is 1. The lowest BCUT2D eigenvalue weighted by molar-refractivity contribution is 0.336. The third-order valence-corrected chi connectivity index (χ3v) is 2.15. The average molecular weight is 163 g/mol. The molecule has 1 N–H and O–H groups in total. The van der Waals surface area contributed by atoms with E-state index in [-0.39, 0.29) is 0 Å². The van der Waals surface area contributed by atoms with Gasteiger partial charge in [-0.05, 0) is 18.6 Å². The van der Waals surface area contributed by atoms with Crippen molar-refractivity contribution in [1.29, 1.82) is 0 Å². The number of fused-ring (bicyclic) bond motifs is 1. The van der Waals surface area contributed by atoms with Gasteiger partial charge in [-0.15, -0.1) is 0 Å². The van der Waals surface area contributed by atoms with E-state index in [2.05, 4.69) is 17.4 Å². The number of rotatable bonds is 2. The summed E-state index contributed by atoms with van der Waals surface area (Å²) in [6, 6.07) is 6.24. The van der Waals surface area contributed by atoms with Gasteiger partial charge in [0.15, 0.2) is 0 Å². The monoisotopic (exact) mass is 163 g/mol. The van der Waals surface area contributed by atoms with Crippen LogP contribution in [0.15, 0.2) is 18.2 Å². The summed E-state index contributed by atoms with van der Waals surface area (Å²) in [7, 11) is 0. The lowest BCUT2D eigenvalue weighted by Gasteiger charge is -2.07. The highest BCUT2D eigenvalue weighted by atomic mass is 16.5. The minimum absolute atomic E-state index is 0.746. The molecule has 0 saturated carbocycles. The molecule has 0 unspecified atom stereocenters. The Balaban J connectivity index is 2.36. The van der Waals surface area contributed by atoms with Crippen molar-refractivity contribution >= 4 is 0 Å². The molecule has 12 heavy (non-hydrogen) atoms. The highest BCUT2D eigenvalue weighted by Gasteiger charge is 2.13. The molecular weight excluding hydrogens is 150 g/mol. The minimum atomic E-state index is 0.746. The van der Waals surface area contributed by atoms with E-state index in [4.69, 9.17) is 4.74 Å². The van der Waals surface area contributed by atoms with Gasteiger partial charge in [-0.3, -0.25) is 0 Å². The molecule has 0 spiro atoms. The zero-order valence-corrected chi connectivity index (χ0v) is 7.26. The number of hydrogen-bond donors (Lipinski definition) is 1. The Bertz CT molecular complexity index is 283. The molecule has 2 nitrogen and oxygen atoms in total. The molecule has 0 amide bonds. The first-order chi connectivity index (χ1) is 5.92. The van der Waals surface area contributed by atoms with Gasteiger partial charge in [0.1, 0.15) is 5.75 Å². The van der Waals surface area contributed by atoms with Crippen LogP contribution in [0, 0.1) is 0 Å². The molecule has 1 aliphatic rings. The van der Waals surface area contributed by atoms with Crippen LogP contribution < -0.4 is 10.1 Å². The maximum absolute atomic E-state index is 5.51. The van der Waals surface area contributed by atoms with Crippen molar-refractivity contribution < 1.29 is 4.74 Å². The van der Waals surface area contributed by atoms with Crippen LogP contribution in [0.4, 0.5) is 0 Å². The third kappa shape index (κ3) is 1.18. The Kier molecular flexibility index (Phi) is 2.00. The highest BCUT2D eigenvalue weighted by Crippen LogP contribution is 2.25. The van der Waals surface area contributed by atoms with E-state index in [1.807, 2.05) is 13.0 Å². The van der Waals surface area contributed by atoms with Gasteiger partial charge < -0.3 is 10.1 Å². The Morgan fingerprint density at radius 1 is 1.42 bits per heavy atom. The van der Waals surface area contributed by atoms with Crippen molar-refractivity contribution in [2.24, 2.45) is 0 Å². The summed E-state index contributed by atoms with van der Waals surface area (Å²) in [6.45, 7) is 4.69. The molecule has 0 radical (unpaired) electrons. The third-order valence-electron chi connectivity index (χ3n) is 2.15. The fraction of sp³-hybridized carbons (Fsp3) is 0.400. The maximum Gasteiger partial charge on any atom is 0.124 e. The summed E-state index contributed by atoms with van der Waals surface area (Å²) in [6.07, 6.45) is 0. The molecular formula is C10H13NO. The molecule has 1 aliphatic heterocycles. The van der Waals surface area contributed by atoms with Crippen molar-refractivity contribution in [2.45, 2.75) is 20.0 Å². The van der Waals surface area contributed by atoms with Crippen LogP contribution in [0.1, 0.15) is 18.1 Å². The second kappa shape index (κ2) is 3.15. The van der Waals surface area contributed by atoms with Crippen molar-refractivity contribution in [3.05, 3.63) is 29.3 Å². The van der Waals surface area contributed by atoms with Crippen LogP contribution in [0.5, 0.6) is 5.75 Å². The van der Waals surface area contributed by atoms with E-state index >= 15 is 0 Å². The number of benzene rings is 1. The molecule has 0 bridgehead atoms. The summed E-state index contributed by atoms with van der Waals surface area (Å²) in [4.78, 5) is 0. The molecule has 1 heterocycles. The second-order valence-corrected chi connectivity index (χ2v) is 2.93. The van der Waals surface area contributed by atoms with E-state index in [0.29, 0.717) is 0 Å². The molecule has 2 rings (SSSR count). The Morgan fingerprint density at radius 3 is 3.17 bits per heavy atom. The van der Waals surface area contributed by atoms with Crippen LogP contribution in [0.25, 0.3) is 0 Å². The summed E-state index contributed by atoms with van der Waals surface area (Å²) >= 11 is 0. The van der Waals surface area contributed by atoms with Gasteiger partial charge in [0.2, 0.25) is 0 Å². The molecule has 0 saturated heterocycles. The van der Waals surface area contributed by atoms with Gasteiger partial charge in [0.25, 0.3) is 0 Å². The van der Waals surface area contributed by atoms with Crippen LogP contribution in [-0.2, 0) is 13.1 Å². The molecule has 1 aromatic carbocycles. The standard InChI is InChI=1S/C10H13NO/c1-2-12-10-5-3-4-8-6-11-7-9(8)10/h3-5,11H,2,6-7H2,1H3. The van der Waals surface area contributed by atoms with Gasteiger partial charge in [0, 0.05) is 18.7 Å². The second-order valence-electron chi connectivity index (χ2n) is 2.93. The lowest BCUT2D eigenvalue weighted by atomic mass is 10.1. The van der Waals surface area contributed by atoms with Crippen molar-refractivity contribution in [3.8, 4) is 5.75 Å². The Labute approximate surface area is 72.5 Å². The van der Waals surface area contributed by atoms with E-state index < -0.39 is 0 Å². The zero-order chi connectivity index (χ0) is 8.39. The van der Waals surface area contributed by atoms with Crippen molar-refractivity contribution in [3.63, 3.8) is 0 Å². The van der Waals surface area contributed by atoms with E-state index in [0.717, 1.165) is 25.4 Å². The predicted molar refractivity (Wildman–Crippen MR) is 48.2 cm³/mol. The molecule has 1 aromatic rings. The Hall–Kier alpha value is -1.02. The van der Waals surface area contributed by atoms with E-state index in [9.17, 15) is 0 Å². The van der Waals surface area contributed by atoms with Crippen LogP contribution in [-0.4, -0.2) is 6.61 Å². The van der Waals surface area contributed by atoms with Crippen molar-refractivity contribution in [2.75, 3.05) is 6.61 Å². The largest absolute Gasteiger partial charge is 0.494 e. The predicted octanol–water partition coefficient (Wildman–Crippen LogP) is 1.69. The summed E-state index contributed by atoms with van der Waals surface area (Å²) in [5.74, 6) is 1.04. The molecule has 0 atom stereocenters. The normalized spacial score (nSPS) is 14.4. The van der Waals surface area contributed by atoms with Gasteiger partial charge in [0.05, 0.1) is 6.61 Å². The first-order valence-electron chi connectivity index (χ1n) is 4.36. The first kappa shape index (κ1) is 7.62. The molecule has 2 heteroatoms. The molecule has 64 valence electrons. The zero-order valence-electron chi connectivity index (χ0n) is 7.26. The lowest BCUT2D eigenvalue weighted by Crippen LogP contribution is -2.01. The fourth-order valence-electron chi connectivity index (χ4n) is 1.59. The fourth-order valence-corrected chi connectivity index (χ4v) is 1.59.